The van der Waals surface area contributed by atoms with E-state index in [9.17, 15) is 32.3 Å². The molecule has 0 radical (unpaired) electrons. The number of carbonyl (C=O) groups excluding carboxylic acids is 3. The Morgan fingerprint density at radius 3 is 2.30 bits per heavy atom. The monoisotopic (exact) mass is 669 g/mol. The number of para-hydroxylation sites is 1. The SMILES string of the molecule is COc1ccc(C2c3sc(=O)n(CC(=O)Nc4ccccc4C(F)(F)F)c3SC3C(=O)N(c4ccc(C)cc4)C(=O)C32)cc1OC. The number of halogens is 3. The van der Waals surface area contributed by atoms with Crippen LogP contribution >= 0.6 is 23.1 Å². The number of rotatable bonds is 7. The van der Waals surface area contributed by atoms with E-state index in [2.05, 4.69) is 5.32 Å². The van der Waals surface area contributed by atoms with Crippen molar-refractivity contribution >= 4 is 52.2 Å². The van der Waals surface area contributed by atoms with Crippen molar-refractivity contribution in [3.05, 3.63) is 98.0 Å². The lowest BCUT2D eigenvalue weighted by Crippen LogP contribution is -2.33. The number of imide groups is 1. The number of nitrogens with zero attached hydrogens (tertiary/aromatic N) is 2. The van der Waals surface area contributed by atoms with Crippen molar-refractivity contribution in [3.8, 4) is 11.5 Å². The average Bonchev–Trinajstić information content (AvgIpc) is 3.47. The standard InChI is InChI=1S/C32H26F3N3O6S2/c1-16-8-11-18(12-9-16)38-28(40)25-24(17-10-13-21(43-2)22(14-17)44-3)27-30(45-26(25)29(38)41)37(31(42)46-27)15-23(39)36-20-7-5-4-6-19(20)32(33,34)35/h4-14,24-26H,15H2,1-3H3,(H,36,39). The first-order valence-electron chi connectivity index (χ1n) is 14.0. The van der Waals surface area contributed by atoms with Crippen molar-refractivity contribution < 1.29 is 37.0 Å². The fraction of sp³-hybridized carbons (Fsp3) is 0.250. The molecule has 0 bridgehead atoms. The molecule has 1 fully saturated rings. The lowest BCUT2D eigenvalue weighted by molar-refractivity contribution is -0.137. The molecule has 238 valence electrons. The maximum Gasteiger partial charge on any atom is 0.418 e. The Bertz CT molecular complexity index is 1920. The Kier molecular flexibility index (Phi) is 8.19. The number of aromatic nitrogens is 1. The lowest BCUT2D eigenvalue weighted by atomic mass is 9.83. The maximum absolute atomic E-state index is 14.1. The van der Waals surface area contributed by atoms with Crippen LogP contribution in [0, 0.1) is 12.8 Å². The highest BCUT2D eigenvalue weighted by molar-refractivity contribution is 8.00. The van der Waals surface area contributed by atoms with Crippen LogP contribution in [0.15, 0.2) is 76.6 Å². The third-order valence-corrected chi connectivity index (χ3v) is 10.5. The van der Waals surface area contributed by atoms with Gasteiger partial charge in [-0.3, -0.25) is 23.7 Å². The molecule has 3 amide bonds. The summed E-state index contributed by atoms with van der Waals surface area (Å²) in [5, 5.41) is 1.62. The minimum Gasteiger partial charge on any atom is -0.493 e. The number of methoxy groups -OCH3 is 2. The molecule has 46 heavy (non-hydrogen) atoms. The number of alkyl halides is 3. The van der Waals surface area contributed by atoms with Gasteiger partial charge in [-0.25, -0.2) is 4.90 Å². The summed E-state index contributed by atoms with van der Waals surface area (Å²) < 4.78 is 52.7. The largest absolute Gasteiger partial charge is 0.493 e. The fourth-order valence-corrected chi connectivity index (χ4v) is 8.55. The number of anilines is 2. The minimum atomic E-state index is -4.71. The van der Waals surface area contributed by atoms with Gasteiger partial charge >= 0.3 is 11.0 Å². The van der Waals surface area contributed by atoms with E-state index in [1.807, 2.05) is 6.92 Å². The number of aryl methyl sites for hydroxylation is 1. The Labute approximate surface area is 268 Å². The number of hydrogen-bond donors (Lipinski definition) is 1. The molecule has 0 spiro atoms. The molecule has 0 saturated carbocycles. The third kappa shape index (κ3) is 5.45. The van der Waals surface area contributed by atoms with Gasteiger partial charge in [-0.05, 0) is 48.9 Å². The molecular formula is C32H26F3N3O6S2. The molecule has 3 atom stereocenters. The van der Waals surface area contributed by atoms with Gasteiger partial charge in [0, 0.05) is 10.8 Å². The first kappa shape index (κ1) is 31.4. The number of fused-ring (bicyclic) bond motifs is 2. The molecule has 1 aromatic heterocycles. The van der Waals surface area contributed by atoms with Crippen molar-refractivity contribution in [2.24, 2.45) is 5.92 Å². The highest BCUT2D eigenvalue weighted by atomic mass is 32.2. The molecular weight excluding hydrogens is 643 g/mol. The van der Waals surface area contributed by atoms with E-state index in [4.69, 9.17) is 9.47 Å². The van der Waals surface area contributed by atoms with Crippen LogP contribution < -0.4 is 24.6 Å². The van der Waals surface area contributed by atoms with Gasteiger partial charge in [-0.2, -0.15) is 13.2 Å². The number of nitrogens with one attached hydrogen (secondary N) is 1. The molecule has 3 aromatic carbocycles. The topological polar surface area (TPSA) is 107 Å². The summed E-state index contributed by atoms with van der Waals surface area (Å²) in [5.41, 5.74) is 0.460. The quantitative estimate of drug-likeness (QED) is 0.252. The molecule has 1 N–H and O–H groups in total. The van der Waals surface area contributed by atoms with Gasteiger partial charge in [0.1, 0.15) is 11.8 Å². The van der Waals surface area contributed by atoms with Crippen LogP contribution in [0.1, 0.15) is 27.5 Å². The van der Waals surface area contributed by atoms with Crippen molar-refractivity contribution in [1.29, 1.82) is 0 Å². The minimum absolute atomic E-state index is 0.294. The van der Waals surface area contributed by atoms with Gasteiger partial charge in [0.15, 0.2) is 11.5 Å². The Hall–Kier alpha value is -4.56. The number of thiazole rings is 1. The summed E-state index contributed by atoms with van der Waals surface area (Å²) in [6.07, 6.45) is -4.71. The normalized spacial score (nSPS) is 19.1. The summed E-state index contributed by atoms with van der Waals surface area (Å²) >= 11 is 1.83. The summed E-state index contributed by atoms with van der Waals surface area (Å²) in [5.74, 6) is -2.65. The second-order valence-corrected chi connectivity index (χ2v) is 12.8. The van der Waals surface area contributed by atoms with E-state index in [-0.39, 0.29) is 0 Å². The van der Waals surface area contributed by atoms with Crippen molar-refractivity contribution in [2.45, 2.75) is 35.8 Å². The van der Waals surface area contributed by atoms with E-state index >= 15 is 0 Å². The lowest BCUT2D eigenvalue weighted by Gasteiger charge is -2.31. The van der Waals surface area contributed by atoms with E-state index in [1.165, 1.54) is 26.4 Å². The molecule has 9 nitrogen and oxygen atoms in total. The highest BCUT2D eigenvalue weighted by Gasteiger charge is 2.57. The van der Waals surface area contributed by atoms with Gasteiger partial charge in [0.25, 0.3) is 0 Å². The third-order valence-electron chi connectivity index (χ3n) is 7.92. The van der Waals surface area contributed by atoms with Gasteiger partial charge in [0.05, 0.1) is 42.1 Å². The summed E-state index contributed by atoms with van der Waals surface area (Å²) in [6.45, 7) is 1.28. The Balaban J connectivity index is 1.43. The Morgan fingerprint density at radius 1 is 0.935 bits per heavy atom. The smallest absolute Gasteiger partial charge is 0.418 e. The Morgan fingerprint density at radius 2 is 1.63 bits per heavy atom. The van der Waals surface area contributed by atoms with E-state index in [0.717, 1.165) is 50.3 Å². The number of benzene rings is 3. The average molecular weight is 670 g/mol. The predicted octanol–water partition coefficient (Wildman–Crippen LogP) is 5.69. The van der Waals surface area contributed by atoms with Crippen molar-refractivity contribution in [1.82, 2.24) is 4.57 Å². The van der Waals surface area contributed by atoms with Gasteiger partial charge in [-0.1, -0.05) is 59.0 Å². The van der Waals surface area contributed by atoms with Crippen molar-refractivity contribution in [3.63, 3.8) is 0 Å². The van der Waals surface area contributed by atoms with Crippen molar-refractivity contribution in [2.75, 3.05) is 24.4 Å². The van der Waals surface area contributed by atoms with Crippen LogP contribution in [0.2, 0.25) is 0 Å². The zero-order valence-electron chi connectivity index (χ0n) is 24.6. The molecule has 0 aliphatic carbocycles. The summed E-state index contributed by atoms with van der Waals surface area (Å²) in [6, 6.07) is 16.6. The number of amides is 3. The summed E-state index contributed by atoms with van der Waals surface area (Å²) in [7, 11) is 2.94. The predicted molar refractivity (Wildman–Crippen MR) is 167 cm³/mol. The number of thioether (sulfide) groups is 1. The molecule has 14 heteroatoms. The molecule has 2 aliphatic heterocycles. The van der Waals surface area contributed by atoms with Gasteiger partial charge in [0.2, 0.25) is 17.7 Å². The molecule has 2 aliphatic rings. The fourth-order valence-electron chi connectivity index (χ4n) is 5.78. The van der Waals surface area contributed by atoms with Crippen LogP contribution in [0.3, 0.4) is 0 Å². The maximum atomic E-state index is 14.1. The molecule has 6 rings (SSSR count). The zero-order valence-corrected chi connectivity index (χ0v) is 26.2. The first-order chi connectivity index (χ1) is 21.9. The molecule has 4 aromatic rings. The molecule has 3 heterocycles. The number of hydrogen-bond acceptors (Lipinski definition) is 8. The van der Waals surface area contributed by atoms with Gasteiger partial charge < -0.3 is 14.8 Å². The number of ether oxygens (including phenoxy) is 2. The van der Waals surface area contributed by atoms with Crippen LogP contribution in [0.4, 0.5) is 24.5 Å². The van der Waals surface area contributed by atoms with Gasteiger partial charge in [-0.15, -0.1) is 0 Å². The number of carbonyl (C=O) groups is 3. The highest BCUT2D eigenvalue weighted by Crippen LogP contribution is 2.54. The van der Waals surface area contributed by atoms with Crippen LogP contribution in [0.5, 0.6) is 11.5 Å². The van der Waals surface area contributed by atoms with Crippen LogP contribution in [-0.2, 0) is 27.1 Å². The first-order valence-corrected chi connectivity index (χ1v) is 15.6. The second kappa shape index (κ2) is 12.0. The van der Waals surface area contributed by atoms with E-state index < -0.39 is 63.7 Å². The summed E-state index contributed by atoms with van der Waals surface area (Å²) in [4.78, 5) is 55.6. The van der Waals surface area contributed by atoms with E-state index in [0.29, 0.717) is 32.7 Å². The molecule has 3 unspecified atom stereocenters. The second-order valence-electron chi connectivity index (χ2n) is 10.7. The zero-order chi connectivity index (χ0) is 32.9. The van der Waals surface area contributed by atoms with Crippen LogP contribution in [-0.4, -0.2) is 41.8 Å². The molecule has 1 saturated heterocycles. The van der Waals surface area contributed by atoms with E-state index in [1.54, 1.807) is 42.5 Å². The van der Waals surface area contributed by atoms with Crippen LogP contribution in [0.25, 0.3) is 0 Å².